The fourth-order valence-corrected chi connectivity index (χ4v) is 1.55. The Morgan fingerprint density at radius 2 is 2.18 bits per heavy atom. The van der Waals surface area contributed by atoms with E-state index in [1.165, 1.54) is 12.1 Å². The van der Waals surface area contributed by atoms with Crippen LogP contribution in [0.4, 0.5) is 10.1 Å². The number of nitro benzene ring substituents is 1. The largest absolute Gasteiger partial charge is 0.304 e. The Bertz CT molecular complexity index is 409. The molecule has 1 rings (SSSR count). The quantitative estimate of drug-likeness (QED) is 0.587. The molecule has 1 aromatic rings. The van der Waals surface area contributed by atoms with Crippen LogP contribution in [0.1, 0.15) is 25.8 Å². The maximum atomic E-state index is 13.4. The first-order valence-electron chi connectivity index (χ1n) is 5.58. The first-order chi connectivity index (χ1) is 7.95. The summed E-state index contributed by atoms with van der Waals surface area (Å²) >= 11 is 0. The zero-order chi connectivity index (χ0) is 13.0. The highest BCUT2D eigenvalue weighted by Crippen LogP contribution is 2.19. The Balaban J connectivity index is 2.81. The molecule has 0 spiro atoms. The molecule has 1 atom stereocenters. The zero-order valence-electron chi connectivity index (χ0n) is 10.3. The Labute approximate surface area is 100 Å². The standard InChI is InChI=1S/C12H17FN2O2/c1-4-9(2)14(3)8-10-5-6-12(15(16)17)11(13)7-10/h5-7,9H,4,8H2,1-3H3. The van der Waals surface area contributed by atoms with Crippen molar-refractivity contribution in [3.8, 4) is 0 Å². The van der Waals surface area contributed by atoms with Crippen molar-refractivity contribution < 1.29 is 9.31 Å². The number of nitrogens with zero attached hydrogens (tertiary/aromatic N) is 2. The van der Waals surface area contributed by atoms with E-state index >= 15 is 0 Å². The van der Waals surface area contributed by atoms with Crippen molar-refractivity contribution in [3.05, 3.63) is 39.7 Å². The molecular weight excluding hydrogens is 223 g/mol. The molecule has 5 heteroatoms. The summed E-state index contributed by atoms with van der Waals surface area (Å²) in [6, 6.07) is 4.44. The van der Waals surface area contributed by atoms with Gasteiger partial charge in [0.25, 0.3) is 0 Å². The summed E-state index contributed by atoms with van der Waals surface area (Å²) in [7, 11) is 1.95. The smallest absolute Gasteiger partial charge is 0.299 e. The molecule has 1 aromatic carbocycles. The van der Waals surface area contributed by atoms with Crippen LogP contribution in [0, 0.1) is 15.9 Å². The molecule has 0 aliphatic carbocycles. The van der Waals surface area contributed by atoms with E-state index in [2.05, 4.69) is 18.7 Å². The second kappa shape index (κ2) is 5.72. The van der Waals surface area contributed by atoms with Crippen molar-refractivity contribution in [2.75, 3.05) is 7.05 Å². The lowest BCUT2D eigenvalue weighted by Crippen LogP contribution is -2.27. The monoisotopic (exact) mass is 240 g/mol. The minimum absolute atomic E-state index is 0.397. The van der Waals surface area contributed by atoms with Crippen molar-refractivity contribution in [1.29, 1.82) is 0 Å². The lowest BCUT2D eigenvalue weighted by molar-refractivity contribution is -0.387. The van der Waals surface area contributed by atoms with Gasteiger partial charge in [-0.3, -0.25) is 15.0 Å². The van der Waals surface area contributed by atoms with Gasteiger partial charge in [-0.1, -0.05) is 13.0 Å². The first-order valence-corrected chi connectivity index (χ1v) is 5.58. The molecule has 0 aromatic heterocycles. The summed E-state index contributed by atoms with van der Waals surface area (Å²) < 4.78 is 13.4. The highest BCUT2D eigenvalue weighted by molar-refractivity contribution is 5.34. The van der Waals surface area contributed by atoms with Crippen LogP contribution in [0.25, 0.3) is 0 Å². The molecule has 0 heterocycles. The number of benzene rings is 1. The molecule has 0 bridgehead atoms. The van der Waals surface area contributed by atoms with E-state index in [1.807, 2.05) is 7.05 Å². The van der Waals surface area contributed by atoms with E-state index < -0.39 is 16.4 Å². The number of hydrogen-bond acceptors (Lipinski definition) is 3. The van der Waals surface area contributed by atoms with Crippen molar-refractivity contribution in [2.45, 2.75) is 32.9 Å². The molecule has 4 nitrogen and oxygen atoms in total. The summed E-state index contributed by atoms with van der Waals surface area (Å²) in [6.45, 7) is 4.75. The third-order valence-corrected chi connectivity index (χ3v) is 2.98. The van der Waals surface area contributed by atoms with Crippen LogP contribution >= 0.6 is 0 Å². The van der Waals surface area contributed by atoms with E-state index in [4.69, 9.17) is 0 Å². The van der Waals surface area contributed by atoms with Gasteiger partial charge in [-0.05, 0) is 32.0 Å². The number of hydrogen-bond donors (Lipinski definition) is 0. The van der Waals surface area contributed by atoms with Crippen LogP contribution < -0.4 is 0 Å². The average molecular weight is 240 g/mol. The van der Waals surface area contributed by atoms with Gasteiger partial charge in [-0.25, -0.2) is 0 Å². The van der Waals surface area contributed by atoms with Gasteiger partial charge in [-0.2, -0.15) is 4.39 Å². The predicted molar refractivity (Wildman–Crippen MR) is 64.3 cm³/mol. The summed E-state index contributed by atoms with van der Waals surface area (Å²) in [4.78, 5) is 11.8. The van der Waals surface area contributed by atoms with Gasteiger partial charge in [0, 0.05) is 18.7 Å². The Morgan fingerprint density at radius 3 is 2.65 bits per heavy atom. The first kappa shape index (κ1) is 13.6. The highest BCUT2D eigenvalue weighted by atomic mass is 19.1. The predicted octanol–water partition coefficient (Wildman–Crippen LogP) is 2.96. The second-order valence-electron chi connectivity index (χ2n) is 4.22. The molecule has 0 fully saturated rings. The molecule has 17 heavy (non-hydrogen) atoms. The Hall–Kier alpha value is -1.49. The van der Waals surface area contributed by atoms with Crippen molar-refractivity contribution in [3.63, 3.8) is 0 Å². The van der Waals surface area contributed by atoms with Gasteiger partial charge in [0.2, 0.25) is 5.82 Å². The second-order valence-corrected chi connectivity index (χ2v) is 4.22. The minimum atomic E-state index is -0.773. The molecule has 0 saturated heterocycles. The molecule has 1 unspecified atom stereocenters. The zero-order valence-corrected chi connectivity index (χ0v) is 10.3. The van der Waals surface area contributed by atoms with Gasteiger partial charge in [0.05, 0.1) is 4.92 Å². The topological polar surface area (TPSA) is 46.4 Å². The normalized spacial score (nSPS) is 12.8. The van der Waals surface area contributed by atoms with Crippen LogP contribution in [0.3, 0.4) is 0 Å². The number of nitro groups is 1. The maximum Gasteiger partial charge on any atom is 0.304 e. The van der Waals surface area contributed by atoms with E-state index in [-0.39, 0.29) is 0 Å². The summed E-state index contributed by atoms with van der Waals surface area (Å²) in [5.41, 5.74) is 0.274. The molecule has 0 N–H and O–H groups in total. The molecule has 0 radical (unpaired) electrons. The van der Waals surface area contributed by atoms with Crippen molar-refractivity contribution >= 4 is 5.69 Å². The van der Waals surface area contributed by atoms with Gasteiger partial charge in [-0.15, -0.1) is 0 Å². The fraction of sp³-hybridized carbons (Fsp3) is 0.500. The maximum absolute atomic E-state index is 13.4. The third kappa shape index (κ3) is 3.49. The molecule has 0 aliphatic rings. The Morgan fingerprint density at radius 1 is 1.53 bits per heavy atom. The van der Waals surface area contributed by atoms with Crippen LogP contribution in [-0.4, -0.2) is 22.9 Å². The van der Waals surface area contributed by atoms with Crippen LogP contribution in [0.15, 0.2) is 18.2 Å². The van der Waals surface area contributed by atoms with Crippen LogP contribution in [0.2, 0.25) is 0 Å². The molecular formula is C12H17FN2O2. The summed E-state index contributed by atoms with van der Waals surface area (Å²) in [5, 5.41) is 10.5. The van der Waals surface area contributed by atoms with Gasteiger partial charge in [0.1, 0.15) is 0 Å². The molecule has 0 amide bonds. The fourth-order valence-electron chi connectivity index (χ4n) is 1.55. The highest BCUT2D eigenvalue weighted by Gasteiger charge is 2.15. The van der Waals surface area contributed by atoms with Crippen molar-refractivity contribution in [2.24, 2.45) is 0 Å². The van der Waals surface area contributed by atoms with Gasteiger partial charge < -0.3 is 0 Å². The number of halogens is 1. The minimum Gasteiger partial charge on any atom is -0.299 e. The molecule has 0 saturated carbocycles. The summed E-state index contributed by atoms with van der Waals surface area (Å²) in [5.74, 6) is -0.773. The lowest BCUT2D eigenvalue weighted by Gasteiger charge is -2.23. The van der Waals surface area contributed by atoms with Crippen LogP contribution in [-0.2, 0) is 6.54 Å². The molecule has 94 valence electrons. The van der Waals surface area contributed by atoms with Crippen molar-refractivity contribution in [1.82, 2.24) is 4.90 Å². The third-order valence-electron chi connectivity index (χ3n) is 2.98. The van der Waals surface area contributed by atoms with Gasteiger partial charge in [0.15, 0.2) is 0 Å². The van der Waals surface area contributed by atoms with Gasteiger partial charge >= 0.3 is 5.69 Å². The van der Waals surface area contributed by atoms with E-state index in [9.17, 15) is 14.5 Å². The van der Waals surface area contributed by atoms with Crippen LogP contribution in [0.5, 0.6) is 0 Å². The van der Waals surface area contributed by atoms with E-state index in [0.717, 1.165) is 12.0 Å². The Kier molecular flexibility index (Phi) is 4.57. The molecule has 0 aliphatic heterocycles. The lowest BCUT2D eigenvalue weighted by atomic mass is 10.1. The van der Waals surface area contributed by atoms with E-state index in [1.54, 1.807) is 6.07 Å². The number of rotatable bonds is 5. The summed E-state index contributed by atoms with van der Waals surface area (Å²) in [6.07, 6.45) is 1.01. The van der Waals surface area contributed by atoms with E-state index in [0.29, 0.717) is 12.6 Å². The SMILES string of the molecule is CCC(C)N(C)Cc1ccc([N+](=O)[O-])c(F)c1. The average Bonchev–Trinajstić information content (AvgIpc) is 2.27.